The van der Waals surface area contributed by atoms with Crippen LogP contribution in [0.3, 0.4) is 0 Å². The molecule has 17 heavy (non-hydrogen) atoms. The fraction of sp³-hybridized carbons (Fsp3) is 0.417. The largest absolute Gasteiger partial charge is 0.497 e. The first-order valence-electron chi connectivity index (χ1n) is 5.35. The highest BCUT2D eigenvalue weighted by Crippen LogP contribution is 2.35. The molecule has 1 aliphatic rings. The zero-order valence-corrected chi connectivity index (χ0v) is 9.44. The Labute approximate surface area is 98.4 Å². The van der Waals surface area contributed by atoms with E-state index < -0.39 is 17.6 Å². The number of hydrogen-bond acceptors (Lipinski definition) is 3. The van der Waals surface area contributed by atoms with Gasteiger partial charge in [0, 0.05) is 19.0 Å². The molecule has 0 saturated carbocycles. The smallest absolute Gasteiger partial charge is 0.343 e. The predicted octanol–water partition coefficient (Wildman–Crippen LogP) is 1.17. The normalized spacial score (nSPS) is 28.0. The molecule has 1 aromatic rings. The molecule has 1 saturated heterocycles. The summed E-state index contributed by atoms with van der Waals surface area (Å²) in [6, 6.07) is 6.81. The first-order chi connectivity index (χ1) is 8.08. The molecule has 1 unspecified atom stereocenters. The molecule has 1 fully saturated rings. The van der Waals surface area contributed by atoms with Gasteiger partial charge in [-0.15, -0.1) is 0 Å². The van der Waals surface area contributed by atoms with E-state index in [1.54, 1.807) is 31.4 Å². The molecule has 0 bridgehead atoms. The molecule has 0 spiro atoms. The van der Waals surface area contributed by atoms with Gasteiger partial charge in [-0.25, -0.2) is 9.18 Å². The first-order valence-corrected chi connectivity index (χ1v) is 5.35. The lowest BCUT2D eigenvalue weighted by molar-refractivity contribution is -0.150. The highest BCUT2D eigenvalue weighted by Gasteiger charge is 2.50. The topological polar surface area (TPSA) is 58.6 Å². The van der Waals surface area contributed by atoms with Crippen molar-refractivity contribution in [1.82, 2.24) is 5.32 Å². The van der Waals surface area contributed by atoms with Gasteiger partial charge in [-0.05, 0) is 17.7 Å². The molecule has 2 rings (SSSR count). The number of halogens is 1. The fourth-order valence-corrected chi connectivity index (χ4v) is 2.13. The van der Waals surface area contributed by atoms with Crippen LogP contribution in [0.2, 0.25) is 0 Å². The van der Waals surface area contributed by atoms with Crippen molar-refractivity contribution in [2.75, 3.05) is 20.2 Å². The number of hydrogen-bond donors (Lipinski definition) is 2. The van der Waals surface area contributed by atoms with Crippen LogP contribution in [0.1, 0.15) is 11.5 Å². The third-order valence-electron chi connectivity index (χ3n) is 3.16. The van der Waals surface area contributed by atoms with Gasteiger partial charge in [0.2, 0.25) is 5.67 Å². The minimum absolute atomic E-state index is 0.154. The maximum Gasteiger partial charge on any atom is 0.343 e. The number of carbonyl (C=O) groups is 1. The third-order valence-corrected chi connectivity index (χ3v) is 3.16. The summed E-state index contributed by atoms with van der Waals surface area (Å²) in [5.74, 6) is -1.41. The number of nitrogens with one attached hydrogen (secondary N) is 1. The van der Waals surface area contributed by atoms with Gasteiger partial charge >= 0.3 is 5.97 Å². The van der Waals surface area contributed by atoms with E-state index in [0.29, 0.717) is 17.9 Å². The number of benzene rings is 1. The van der Waals surface area contributed by atoms with Gasteiger partial charge < -0.3 is 15.2 Å². The van der Waals surface area contributed by atoms with Crippen LogP contribution in [0.25, 0.3) is 0 Å². The maximum atomic E-state index is 14.3. The molecule has 2 atom stereocenters. The Balaban J connectivity index is 2.29. The van der Waals surface area contributed by atoms with Crippen molar-refractivity contribution in [2.45, 2.75) is 11.6 Å². The Morgan fingerprint density at radius 3 is 2.71 bits per heavy atom. The predicted molar refractivity (Wildman–Crippen MR) is 60.1 cm³/mol. The van der Waals surface area contributed by atoms with Crippen molar-refractivity contribution in [3.63, 3.8) is 0 Å². The lowest BCUT2D eigenvalue weighted by atomic mass is 9.86. The van der Waals surface area contributed by atoms with Gasteiger partial charge in [-0.2, -0.15) is 0 Å². The van der Waals surface area contributed by atoms with Crippen molar-refractivity contribution in [2.24, 2.45) is 0 Å². The van der Waals surface area contributed by atoms with Gasteiger partial charge in [-0.1, -0.05) is 12.1 Å². The molecule has 4 nitrogen and oxygen atoms in total. The number of carboxylic acids is 1. The average Bonchev–Trinajstić information content (AvgIpc) is 2.73. The number of aliphatic carboxylic acids is 1. The summed E-state index contributed by atoms with van der Waals surface area (Å²) in [5.41, 5.74) is -1.56. The second-order valence-electron chi connectivity index (χ2n) is 4.12. The van der Waals surface area contributed by atoms with Crippen LogP contribution in [-0.2, 0) is 4.79 Å². The van der Waals surface area contributed by atoms with Crippen LogP contribution in [0.5, 0.6) is 5.75 Å². The number of ether oxygens (including phenoxy) is 1. The highest BCUT2D eigenvalue weighted by molar-refractivity contribution is 5.80. The second-order valence-corrected chi connectivity index (χ2v) is 4.12. The molecule has 0 aromatic heterocycles. The zero-order valence-electron chi connectivity index (χ0n) is 9.44. The molecule has 0 aliphatic carbocycles. The molecule has 2 N–H and O–H groups in total. The molecule has 0 radical (unpaired) electrons. The third kappa shape index (κ3) is 1.98. The summed E-state index contributed by atoms with van der Waals surface area (Å²) in [7, 11) is 1.54. The second kappa shape index (κ2) is 4.33. The summed E-state index contributed by atoms with van der Waals surface area (Å²) in [6.07, 6.45) is 0. The summed E-state index contributed by atoms with van der Waals surface area (Å²) in [5, 5.41) is 11.7. The highest BCUT2D eigenvalue weighted by atomic mass is 19.1. The van der Waals surface area contributed by atoms with E-state index in [4.69, 9.17) is 9.84 Å². The monoisotopic (exact) mass is 239 g/mol. The van der Waals surface area contributed by atoms with Crippen LogP contribution in [0.15, 0.2) is 24.3 Å². The Bertz CT molecular complexity index is 420. The summed E-state index contributed by atoms with van der Waals surface area (Å²) in [6.45, 7) is 0.175. The van der Waals surface area contributed by atoms with Gasteiger partial charge in [0.1, 0.15) is 5.75 Å². The Hall–Kier alpha value is -1.62. The minimum Gasteiger partial charge on any atom is -0.497 e. The molecule has 1 heterocycles. The van der Waals surface area contributed by atoms with Gasteiger partial charge in [0.05, 0.1) is 7.11 Å². The molecule has 5 heteroatoms. The van der Waals surface area contributed by atoms with E-state index in [0.717, 1.165) is 0 Å². The van der Waals surface area contributed by atoms with E-state index in [9.17, 15) is 9.18 Å². The zero-order chi connectivity index (χ0) is 12.5. The van der Waals surface area contributed by atoms with E-state index in [2.05, 4.69) is 5.32 Å². The van der Waals surface area contributed by atoms with Gasteiger partial charge in [0.25, 0.3) is 0 Å². The minimum atomic E-state index is -2.23. The molecule has 1 aliphatic heterocycles. The molecular weight excluding hydrogens is 225 g/mol. The Kier molecular flexibility index (Phi) is 3.02. The molecular formula is C12H14FNO3. The van der Waals surface area contributed by atoms with E-state index in [1.807, 2.05) is 0 Å². The van der Waals surface area contributed by atoms with E-state index >= 15 is 0 Å². The molecule has 92 valence electrons. The Morgan fingerprint density at radius 2 is 2.18 bits per heavy atom. The summed E-state index contributed by atoms with van der Waals surface area (Å²) >= 11 is 0. The lowest BCUT2D eigenvalue weighted by Gasteiger charge is -2.22. The van der Waals surface area contributed by atoms with Crippen LogP contribution in [0, 0.1) is 0 Å². The van der Waals surface area contributed by atoms with Gasteiger partial charge in [-0.3, -0.25) is 0 Å². The summed E-state index contributed by atoms with van der Waals surface area (Å²) in [4.78, 5) is 11.0. The van der Waals surface area contributed by atoms with Gasteiger partial charge in [0.15, 0.2) is 0 Å². The number of alkyl halides is 1. The molecule has 1 aromatic carbocycles. The van der Waals surface area contributed by atoms with Crippen molar-refractivity contribution >= 4 is 5.97 Å². The molecule has 0 amide bonds. The number of carboxylic acid groups (broad SMARTS) is 1. The SMILES string of the molecule is COc1ccc(C2CNC[C@@]2(F)C(=O)O)cc1. The Morgan fingerprint density at radius 1 is 1.53 bits per heavy atom. The quantitative estimate of drug-likeness (QED) is 0.831. The number of rotatable bonds is 3. The van der Waals surface area contributed by atoms with Crippen molar-refractivity contribution in [3.05, 3.63) is 29.8 Å². The van der Waals surface area contributed by atoms with Crippen LogP contribution in [-0.4, -0.2) is 36.9 Å². The standard InChI is InChI=1S/C12H14FNO3/c1-17-9-4-2-8(3-5-9)10-6-14-7-12(10,13)11(15)16/h2-5,10,14H,6-7H2,1H3,(H,15,16)/t10?,12-/m0/s1. The van der Waals surface area contributed by atoms with E-state index in [1.165, 1.54) is 0 Å². The van der Waals surface area contributed by atoms with Crippen molar-refractivity contribution < 1.29 is 19.0 Å². The summed E-state index contributed by atoms with van der Waals surface area (Å²) < 4.78 is 19.3. The van der Waals surface area contributed by atoms with Crippen LogP contribution in [0.4, 0.5) is 4.39 Å². The first kappa shape index (κ1) is 11.9. The average molecular weight is 239 g/mol. The fourth-order valence-electron chi connectivity index (χ4n) is 2.13. The lowest BCUT2D eigenvalue weighted by Crippen LogP contribution is -2.40. The van der Waals surface area contributed by atoms with Crippen molar-refractivity contribution in [1.29, 1.82) is 0 Å². The maximum absolute atomic E-state index is 14.3. The van der Waals surface area contributed by atoms with Crippen LogP contribution >= 0.6 is 0 Å². The number of methoxy groups -OCH3 is 1. The van der Waals surface area contributed by atoms with Crippen molar-refractivity contribution in [3.8, 4) is 5.75 Å². The van der Waals surface area contributed by atoms with Crippen LogP contribution < -0.4 is 10.1 Å². The van der Waals surface area contributed by atoms with E-state index in [-0.39, 0.29) is 6.54 Å².